The maximum absolute atomic E-state index is 6.05. The summed E-state index contributed by atoms with van der Waals surface area (Å²) < 4.78 is 0. The third kappa shape index (κ3) is 3.62. The molecule has 1 aromatic carbocycles. The predicted molar refractivity (Wildman–Crippen MR) is 85.7 cm³/mol. The van der Waals surface area contributed by atoms with E-state index >= 15 is 0 Å². The molecule has 2 rings (SSSR count). The molecule has 3 nitrogen and oxygen atoms in total. The Bertz CT molecular complexity index is 592. The molecular formula is C15H17Cl2N3. The highest BCUT2D eigenvalue weighted by Crippen LogP contribution is 2.27. The van der Waals surface area contributed by atoms with Crippen LogP contribution in [-0.2, 0) is 0 Å². The maximum Gasteiger partial charge on any atom is 0.161 e. The third-order valence-corrected chi connectivity index (χ3v) is 3.25. The average Bonchev–Trinajstić information content (AvgIpc) is 2.37. The van der Waals surface area contributed by atoms with E-state index < -0.39 is 0 Å². The van der Waals surface area contributed by atoms with E-state index in [2.05, 4.69) is 29.1 Å². The van der Waals surface area contributed by atoms with Crippen LogP contribution in [0.5, 0.6) is 0 Å². The van der Waals surface area contributed by atoms with Crippen LogP contribution in [0.25, 0.3) is 11.4 Å². The summed E-state index contributed by atoms with van der Waals surface area (Å²) in [5.41, 5.74) is 1.81. The normalized spacial score (nSPS) is 10.9. The van der Waals surface area contributed by atoms with Gasteiger partial charge in [-0.25, -0.2) is 9.97 Å². The quantitative estimate of drug-likeness (QED) is 0.863. The molecule has 0 bridgehead atoms. The molecule has 2 aromatic rings. The molecule has 0 aliphatic heterocycles. The summed E-state index contributed by atoms with van der Waals surface area (Å²) in [5, 5.41) is 4.38. The highest BCUT2D eigenvalue weighted by molar-refractivity contribution is 6.35. The van der Waals surface area contributed by atoms with Gasteiger partial charge < -0.3 is 5.32 Å². The molecule has 1 N–H and O–H groups in total. The third-order valence-electron chi connectivity index (χ3n) is 2.82. The second-order valence-electron chi connectivity index (χ2n) is 4.84. The van der Waals surface area contributed by atoms with Crippen molar-refractivity contribution in [3.05, 3.63) is 40.0 Å². The largest absolute Gasteiger partial charge is 0.370 e. The number of nitrogens with one attached hydrogen (secondary N) is 1. The van der Waals surface area contributed by atoms with Crippen LogP contribution >= 0.6 is 23.2 Å². The van der Waals surface area contributed by atoms with Crippen LogP contribution in [0.3, 0.4) is 0 Å². The van der Waals surface area contributed by atoms with Crippen molar-refractivity contribution < 1.29 is 0 Å². The molecule has 1 heterocycles. The number of nitrogens with zero attached hydrogens (tertiary/aromatic N) is 2. The van der Waals surface area contributed by atoms with E-state index in [0.29, 0.717) is 21.8 Å². The van der Waals surface area contributed by atoms with Gasteiger partial charge in [0.1, 0.15) is 5.82 Å². The Hall–Kier alpha value is -1.32. The van der Waals surface area contributed by atoms with Gasteiger partial charge in [0.05, 0.1) is 0 Å². The molecule has 0 radical (unpaired) electrons. The zero-order valence-corrected chi connectivity index (χ0v) is 13.3. The number of hydrogen-bond donors (Lipinski definition) is 1. The van der Waals surface area contributed by atoms with Crippen molar-refractivity contribution in [3.63, 3.8) is 0 Å². The molecule has 0 spiro atoms. The van der Waals surface area contributed by atoms with Crippen LogP contribution in [0.2, 0.25) is 10.0 Å². The number of rotatable bonds is 4. The number of anilines is 1. The fraction of sp³-hybridized carbons (Fsp3) is 0.333. The van der Waals surface area contributed by atoms with Crippen molar-refractivity contribution in [2.45, 2.75) is 26.7 Å². The van der Waals surface area contributed by atoms with Crippen LogP contribution in [0.1, 0.15) is 32.4 Å². The Kier molecular flexibility index (Phi) is 4.84. The molecule has 0 fully saturated rings. The molecule has 0 unspecified atom stereocenters. The molecule has 0 atom stereocenters. The van der Waals surface area contributed by atoms with Gasteiger partial charge in [0.2, 0.25) is 0 Å². The van der Waals surface area contributed by atoms with E-state index in [-0.39, 0.29) is 0 Å². The Morgan fingerprint density at radius 3 is 2.25 bits per heavy atom. The van der Waals surface area contributed by atoms with Crippen molar-refractivity contribution in [1.82, 2.24) is 9.97 Å². The smallest absolute Gasteiger partial charge is 0.161 e. The number of aromatic nitrogens is 2. The van der Waals surface area contributed by atoms with Gasteiger partial charge in [-0.2, -0.15) is 0 Å². The van der Waals surface area contributed by atoms with E-state index in [1.54, 1.807) is 6.07 Å². The monoisotopic (exact) mass is 309 g/mol. The molecular weight excluding hydrogens is 293 g/mol. The molecule has 0 saturated heterocycles. The van der Waals surface area contributed by atoms with Crippen LogP contribution in [0, 0.1) is 0 Å². The van der Waals surface area contributed by atoms with Crippen LogP contribution in [0.4, 0.5) is 5.82 Å². The van der Waals surface area contributed by atoms with Gasteiger partial charge in [-0.1, -0.05) is 37.0 Å². The lowest BCUT2D eigenvalue weighted by Crippen LogP contribution is -2.05. The molecule has 20 heavy (non-hydrogen) atoms. The van der Waals surface area contributed by atoms with E-state index in [4.69, 9.17) is 23.2 Å². The Morgan fingerprint density at radius 2 is 1.70 bits per heavy atom. The molecule has 0 amide bonds. The van der Waals surface area contributed by atoms with E-state index in [0.717, 1.165) is 23.6 Å². The highest BCUT2D eigenvalue weighted by atomic mass is 35.5. The van der Waals surface area contributed by atoms with Gasteiger partial charge in [0, 0.05) is 33.9 Å². The van der Waals surface area contributed by atoms with Crippen molar-refractivity contribution in [2.24, 2.45) is 0 Å². The lowest BCUT2D eigenvalue weighted by Gasteiger charge is -2.11. The van der Waals surface area contributed by atoms with Crippen molar-refractivity contribution in [3.8, 4) is 11.4 Å². The van der Waals surface area contributed by atoms with Crippen molar-refractivity contribution in [1.29, 1.82) is 0 Å². The zero-order chi connectivity index (χ0) is 14.7. The summed E-state index contributed by atoms with van der Waals surface area (Å²) in [4.78, 5) is 9.12. The minimum absolute atomic E-state index is 0.323. The number of benzene rings is 1. The lowest BCUT2D eigenvalue weighted by molar-refractivity contribution is 0.817. The fourth-order valence-electron chi connectivity index (χ4n) is 1.85. The van der Waals surface area contributed by atoms with Gasteiger partial charge in [0.25, 0.3) is 0 Å². The minimum atomic E-state index is 0.323. The molecule has 5 heteroatoms. The second-order valence-corrected chi connectivity index (χ2v) is 5.72. The van der Waals surface area contributed by atoms with Crippen molar-refractivity contribution in [2.75, 3.05) is 11.9 Å². The first-order chi connectivity index (χ1) is 9.49. The van der Waals surface area contributed by atoms with Crippen LogP contribution in [0.15, 0.2) is 24.3 Å². The Labute approximate surface area is 129 Å². The summed E-state index contributed by atoms with van der Waals surface area (Å²) in [6.45, 7) is 7.05. The van der Waals surface area contributed by atoms with Gasteiger partial charge in [-0.05, 0) is 31.0 Å². The highest BCUT2D eigenvalue weighted by Gasteiger charge is 2.10. The SMILES string of the molecule is CCNc1cc(C(C)C)nc(-c2cc(Cl)cc(Cl)c2)n1. The molecule has 106 valence electrons. The summed E-state index contributed by atoms with van der Waals surface area (Å²) >= 11 is 12.1. The van der Waals surface area contributed by atoms with Crippen LogP contribution < -0.4 is 5.32 Å². The first-order valence-electron chi connectivity index (χ1n) is 6.59. The fourth-order valence-corrected chi connectivity index (χ4v) is 2.37. The first-order valence-corrected chi connectivity index (χ1v) is 7.34. The minimum Gasteiger partial charge on any atom is -0.370 e. The molecule has 0 saturated carbocycles. The molecule has 1 aromatic heterocycles. The van der Waals surface area contributed by atoms with E-state index in [9.17, 15) is 0 Å². The summed E-state index contributed by atoms with van der Waals surface area (Å²) in [5.74, 6) is 1.78. The summed E-state index contributed by atoms with van der Waals surface area (Å²) in [7, 11) is 0. The zero-order valence-electron chi connectivity index (χ0n) is 11.7. The van der Waals surface area contributed by atoms with Gasteiger partial charge in [-0.15, -0.1) is 0 Å². The first kappa shape index (κ1) is 15.1. The van der Waals surface area contributed by atoms with Gasteiger partial charge >= 0.3 is 0 Å². The summed E-state index contributed by atoms with van der Waals surface area (Å²) in [6, 6.07) is 7.32. The van der Waals surface area contributed by atoms with Gasteiger partial charge in [0.15, 0.2) is 5.82 Å². The van der Waals surface area contributed by atoms with Crippen molar-refractivity contribution >= 4 is 29.0 Å². The summed E-state index contributed by atoms with van der Waals surface area (Å²) in [6.07, 6.45) is 0. The standard InChI is InChI=1S/C15H17Cl2N3/c1-4-18-14-8-13(9(2)3)19-15(20-14)10-5-11(16)7-12(17)6-10/h5-9H,4H2,1-3H3,(H,18,19,20). The topological polar surface area (TPSA) is 37.8 Å². The second kappa shape index (κ2) is 6.42. The number of hydrogen-bond acceptors (Lipinski definition) is 3. The molecule has 0 aliphatic rings. The number of halogens is 2. The van der Waals surface area contributed by atoms with E-state index in [1.807, 2.05) is 25.1 Å². The van der Waals surface area contributed by atoms with Gasteiger partial charge in [-0.3, -0.25) is 0 Å². The Morgan fingerprint density at radius 1 is 1.05 bits per heavy atom. The van der Waals surface area contributed by atoms with Crippen LogP contribution in [-0.4, -0.2) is 16.5 Å². The molecule has 0 aliphatic carbocycles. The predicted octanol–water partition coefficient (Wildman–Crippen LogP) is 5.01. The Balaban J connectivity index is 2.54. The lowest BCUT2D eigenvalue weighted by atomic mass is 10.1. The average molecular weight is 310 g/mol. The van der Waals surface area contributed by atoms with E-state index in [1.165, 1.54) is 0 Å². The maximum atomic E-state index is 6.05.